The van der Waals surface area contributed by atoms with Gasteiger partial charge in [-0.15, -0.1) is 0 Å². The first-order chi connectivity index (χ1) is 9.29. The Bertz CT molecular complexity index is 310. The van der Waals surface area contributed by atoms with Crippen molar-refractivity contribution in [3.63, 3.8) is 0 Å². The zero-order valence-corrected chi connectivity index (χ0v) is 10.8. The largest absolute Gasteiger partial charge is 0.391 e. The Hall–Kier alpha value is -0.650. The quantitative estimate of drug-likeness (QED) is 0.270. The average Bonchev–Trinajstić information content (AvgIpc) is 2.42. The Balaban J connectivity index is 2.77. The van der Waals surface area contributed by atoms with Gasteiger partial charge in [-0.1, -0.05) is 0 Å². The van der Waals surface area contributed by atoms with Crippen molar-refractivity contribution in [3.8, 4) is 0 Å². The van der Waals surface area contributed by atoms with E-state index < -0.39 is 49.0 Å². The van der Waals surface area contributed by atoms with Gasteiger partial charge in [0.05, 0.1) is 12.7 Å². The fourth-order valence-electron chi connectivity index (χ4n) is 1.77. The molecule has 20 heavy (non-hydrogen) atoms. The summed E-state index contributed by atoms with van der Waals surface area (Å²) in [4.78, 5) is 10.6. The Morgan fingerprint density at radius 1 is 1.20 bits per heavy atom. The summed E-state index contributed by atoms with van der Waals surface area (Å²) in [6.07, 6.45) is -12.1. The molecule has 118 valence electrons. The maximum absolute atomic E-state index is 10.6. The fraction of sp³-hybridized carbons (Fsp3) is 0.909. The van der Waals surface area contributed by atoms with Gasteiger partial charge in [0.15, 0.2) is 12.6 Å². The van der Waals surface area contributed by atoms with Crippen molar-refractivity contribution in [3.05, 3.63) is 0 Å². The number of hydrogen-bond donors (Lipinski definition) is 6. The van der Waals surface area contributed by atoms with Crippen LogP contribution in [0, 0.1) is 0 Å². The molecule has 1 fully saturated rings. The molecule has 9 heteroatoms. The predicted molar refractivity (Wildman–Crippen MR) is 62.4 cm³/mol. The molecule has 0 aliphatic carbocycles. The molecule has 1 unspecified atom stereocenters. The van der Waals surface area contributed by atoms with Crippen LogP contribution in [0.25, 0.3) is 0 Å². The van der Waals surface area contributed by atoms with Gasteiger partial charge in [-0.25, -0.2) is 0 Å². The highest BCUT2D eigenvalue weighted by atomic mass is 16.7. The first-order valence-corrected chi connectivity index (χ1v) is 6.10. The van der Waals surface area contributed by atoms with Gasteiger partial charge in [0.1, 0.15) is 36.6 Å². The fourth-order valence-corrected chi connectivity index (χ4v) is 1.77. The maximum atomic E-state index is 10.6. The predicted octanol–water partition coefficient (Wildman–Crippen LogP) is -3.89. The summed E-state index contributed by atoms with van der Waals surface area (Å²) in [5, 5.41) is 56.8. The van der Waals surface area contributed by atoms with Crippen LogP contribution in [0.4, 0.5) is 0 Å². The second-order valence-electron chi connectivity index (χ2n) is 4.71. The number of carbonyl (C=O) groups is 1. The lowest BCUT2D eigenvalue weighted by molar-refractivity contribution is -0.299. The second-order valence-corrected chi connectivity index (χ2v) is 4.71. The van der Waals surface area contributed by atoms with E-state index in [9.17, 15) is 35.4 Å². The molecule has 0 saturated carbocycles. The van der Waals surface area contributed by atoms with Crippen LogP contribution in [-0.4, -0.2) is 92.5 Å². The highest BCUT2D eigenvalue weighted by molar-refractivity contribution is 5.56. The van der Waals surface area contributed by atoms with Crippen molar-refractivity contribution in [1.82, 2.24) is 0 Å². The molecule has 0 aromatic rings. The van der Waals surface area contributed by atoms with Crippen molar-refractivity contribution in [2.75, 3.05) is 6.61 Å². The van der Waals surface area contributed by atoms with Crippen molar-refractivity contribution in [1.29, 1.82) is 0 Å². The van der Waals surface area contributed by atoms with E-state index in [2.05, 4.69) is 0 Å². The Morgan fingerprint density at radius 3 is 2.30 bits per heavy atom. The highest BCUT2D eigenvalue weighted by Gasteiger charge is 2.42. The Labute approximate surface area is 115 Å². The Morgan fingerprint density at radius 2 is 1.80 bits per heavy atom. The first-order valence-electron chi connectivity index (χ1n) is 6.10. The van der Waals surface area contributed by atoms with Gasteiger partial charge >= 0.3 is 0 Å². The maximum Gasteiger partial charge on any atom is 0.186 e. The standard InChI is InChI=1S/C11H20O9/c1-4(13)7(16)10(5(14)2-12)20-11-9(18)8(17)6(15)3-19-11/h2,4-11,13-18H,3H2,1H3/t4-,5+,6+,7+,8-,9+,10-,11?/m0/s1. The molecule has 1 rings (SSSR count). The van der Waals surface area contributed by atoms with Gasteiger partial charge in [-0.3, -0.25) is 0 Å². The first kappa shape index (κ1) is 17.4. The van der Waals surface area contributed by atoms with Crippen LogP contribution in [0.15, 0.2) is 0 Å². The van der Waals surface area contributed by atoms with Gasteiger partial charge in [-0.2, -0.15) is 0 Å². The SMILES string of the molecule is C[C@H](O)[C@@H](O)[C@@H](OC1OC[C@@H](O)[C@H](O)[C@H]1O)[C@H](O)C=O. The van der Waals surface area contributed by atoms with Crippen molar-refractivity contribution in [2.45, 2.75) is 55.9 Å². The zero-order valence-electron chi connectivity index (χ0n) is 10.8. The number of aldehydes is 1. The van der Waals surface area contributed by atoms with Gasteiger partial charge in [0, 0.05) is 0 Å². The molecule has 1 saturated heterocycles. The van der Waals surface area contributed by atoms with E-state index in [1.165, 1.54) is 6.92 Å². The van der Waals surface area contributed by atoms with E-state index in [1.807, 2.05) is 0 Å². The highest BCUT2D eigenvalue weighted by Crippen LogP contribution is 2.20. The minimum atomic E-state index is -1.76. The van der Waals surface area contributed by atoms with Crippen LogP contribution in [0.1, 0.15) is 6.92 Å². The monoisotopic (exact) mass is 296 g/mol. The molecule has 6 N–H and O–H groups in total. The Kier molecular flexibility index (Phi) is 6.43. The third kappa shape index (κ3) is 3.93. The van der Waals surface area contributed by atoms with Crippen LogP contribution in [0.5, 0.6) is 0 Å². The molecule has 0 radical (unpaired) electrons. The van der Waals surface area contributed by atoms with Gasteiger partial charge in [0.25, 0.3) is 0 Å². The number of aliphatic hydroxyl groups excluding tert-OH is 6. The van der Waals surface area contributed by atoms with Crippen molar-refractivity contribution >= 4 is 6.29 Å². The molecule has 0 bridgehead atoms. The molecule has 1 aliphatic rings. The molecule has 9 nitrogen and oxygen atoms in total. The molecular weight excluding hydrogens is 276 g/mol. The minimum Gasteiger partial charge on any atom is -0.391 e. The molecule has 8 atom stereocenters. The molecule has 0 spiro atoms. The number of hydrogen-bond acceptors (Lipinski definition) is 9. The van der Waals surface area contributed by atoms with Crippen LogP contribution in [0.3, 0.4) is 0 Å². The van der Waals surface area contributed by atoms with Gasteiger partial charge in [0.2, 0.25) is 0 Å². The molecule has 1 aliphatic heterocycles. The van der Waals surface area contributed by atoms with Crippen molar-refractivity contribution < 1.29 is 44.9 Å². The van der Waals surface area contributed by atoms with Crippen molar-refractivity contribution in [2.24, 2.45) is 0 Å². The van der Waals surface area contributed by atoms with Crippen LogP contribution in [-0.2, 0) is 14.3 Å². The van der Waals surface area contributed by atoms with E-state index in [0.29, 0.717) is 0 Å². The van der Waals surface area contributed by atoms with E-state index >= 15 is 0 Å². The molecule has 1 heterocycles. The van der Waals surface area contributed by atoms with E-state index in [4.69, 9.17) is 9.47 Å². The van der Waals surface area contributed by atoms with Gasteiger partial charge < -0.3 is 44.9 Å². The number of aliphatic hydroxyl groups is 6. The lowest BCUT2D eigenvalue weighted by atomic mass is 10.0. The lowest BCUT2D eigenvalue weighted by Gasteiger charge is -2.38. The summed E-state index contributed by atoms with van der Waals surface area (Å²) >= 11 is 0. The average molecular weight is 296 g/mol. The summed E-state index contributed by atoms with van der Waals surface area (Å²) in [5.74, 6) is 0. The summed E-state index contributed by atoms with van der Waals surface area (Å²) in [6, 6.07) is 0. The lowest BCUT2D eigenvalue weighted by Crippen LogP contribution is -2.57. The number of ether oxygens (including phenoxy) is 2. The topological polar surface area (TPSA) is 157 Å². The minimum absolute atomic E-state index is 0.0940. The smallest absolute Gasteiger partial charge is 0.186 e. The zero-order chi connectivity index (χ0) is 15.4. The summed E-state index contributed by atoms with van der Waals surface area (Å²) in [7, 11) is 0. The molecule has 0 amide bonds. The summed E-state index contributed by atoms with van der Waals surface area (Å²) < 4.78 is 9.99. The van der Waals surface area contributed by atoms with E-state index in [-0.39, 0.29) is 12.9 Å². The normalized spacial score (nSPS) is 37.0. The number of carbonyl (C=O) groups excluding carboxylic acids is 1. The summed E-state index contributed by atoms with van der Waals surface area (Å²) in [5.41, 5.74) is 0. The van der Waals surface area contributed by atoms with Crippen LogP contribution >= 0.6 is 0 Å². The van der Waals surface area contributed by atoms with Crippen LogP contribution in [0.2, 0.25) is 0 Å². The van der Waals surface area contributed by atoms with E-state index in [1.54, 1.807) is 0 Å². The summed E-state index contributed by atoms with van der Waals surface area (Å²) in [6.45, 7) is 0.882. The number of rotatable bonds is 6. The third-order valence-electron chi connectivity index (χ3n) is 3.05. The second kappa shape index (κ2) is 7.38. The van der Waals surface area contributed by atoms with Gasteiger partial charge in [-0.05, 0) is 6.92 Å². The molecule has 0 aromatic carbocycles. The third-order valence-corrected chi connectivity index (χ3v) is 3.05. The van der Waals surface area contributed by atoms with Crippen LogP contribution < -0.4 is 0 Å². The van der Waals surface area contributed by atoms with E-state index in [0.717, 1.165) is 0 Å². The molecule has 0 aromatic heterocycles. The molecular formula is C11H20O9.